The Balaban J connectivity index is 1.16. The minimum atomic E-state index is -0.484. The minimum Gasteiger partial charge on any atom is -0.387 e. The molecule has 0 saturated carbocycles. The van der Waals surface area contributed by atoms with Gasteiger partial charge in [0.2, 0.25) is 5.91 Å². The van der Waals surface area contributed by atoms with Crippen molar-refractivity contribution in [3.05, 3.63) is 76.3 Å². The number of nitrogen functional groups attached to an aromatic ring is 1. The molecule has 1 amide bonds. The summed E-state index contributed by atoms with van der Waals surface area (Å²) >= 11 is 1.50. The number of aryl methyl sites for hydroxylation is 1. The van der Waals surface area contributed by atoms with E-state index in [0.29, 0.717) is 11.2 Å². The lowest BCUT2D eigenvalue weighted by molar-refractivity contribution is -0.117. The van der Waals surface area contributed by atoms with Gasteiger partial charge in [0, 0.05) is 22.6 Å². The van der Waals surface area contributed by atoms with Gasteiger partial charge in [-0.2, -0.15) is 0 Å². The lowest BCUT2D eigenvalue weighted by Gasteiger charge is -2.21. The summed E-state index contributed by atoms with van der Waals surface area (Å²) in [5, 5.41) is 17.9. The van der Waals surface area contributed by atoms with Gasteiger partial charge in [0.05, 0.1) is 17.7 Å². The van der Waals surface area contributed by atoms with Gasteiger partial charge in [0.1, 0.15) is 0 Å². The van der Waals surface area contributed by atoms with E-state index in [0.717, 1.165) is 60.3 Å². The number of nitrogens with zero attached hydrogens (tertiary/aromatic N) is 1. The zero-order valence-electron chi connectivity index (χ0n) is 18.5. The molecule has 1 fully saturated rings. The zero-order valence-corrected chi connectivity index (χ0v) is 19.4. The maximum Gasteiger partial charge on any atom is 0.233 e. The number of benzene rings is 2. The van der Waals surface area contributed by atoms with E-state index in [1.807, 2.05) is 42.5 Å². The van der Waals surface area contributed by atoms with Crippen LogP contribution in [0.5, 0.6) is 0 Å². The predicted molar refractivity (Wildman–Crippen MR) is 132 cm³/mol. The topological polar surface area (TPSA) is 100 Å². The largest absolute Gasteiger partial charge is 0.387 e. The molecular weight excluding hydrogens is 432 g/mol. The second-order valence-electron chi connectivity index (χ2n) is 9.10. The van der Waals surface area contributed by atoms with Crippen LogP contribution in [0.15, 0.2) is 54.6 Å². The normalized spacial score (nSPS) is 23.1. The fourth-order valence-corrected chi connectivity index (χ4v) is 6.01. The van der Waals surface area contributed by atoms with Crippen LogP contribution in [0, 0.1) is 0 Å². The van der Waals surface area contributed by atoms with Gasteiger partial charge in [-0.05, 0) is 61.8 Å². The number of thiazole rings is 1. The van der Waals surface area contributed by atoms with Crippen LogP contribution in [0.25, 0.3) is 0 Å². The van der Waals surface area contributed by atoms with Crippen LogP contribution in [0.4, 0.5) is 10.8 Å². The van der Waals surface area contributed by atoms with Crippen molar-refractivity contribution >= 4 is 28.1 Å². The van der Waals surface area contributed by atoms with Gasteiger partial charge >= 0.3 is 0 Å². The lowest BCUT2D eigenvalue weighted by atomic mass is 9.90. The van der Waals surface area contributed by atoms with E-state index in [-0.39, 0.29) is 17.9 Å². The average Bonchev–Trinajstić information content (AvgIpc) is 3.45. The fraction of sp³-hybridized carbons (Fsp3) is 0.385. The number of carbonyl (C=O) groups excluding carboxylic acids is 1. The highest BCUT2D eigenvalue weighted by atomic mass is 32.1. The summed E-state index contributed by atoms with van der Waals surface area (Å²) in [5.41, 5.74) is 9.70. The second kappa shape index (κ2) is 9.63. The Kier molecular flexibility index (Phi) is 6.44. The predicted octanol–water partition coefficient (Wildman–Crippen LogP) is 4.18. The van der Waals surface area contributed by atoms with Crippen molar-refractivity contribution in [3.8, 4) is 0 Å². The third-order valence-corrected chi connectivity index (χ3v) is 7.75. The van der Waals surface area contributed by atoms with E-state index in [2.05, 4.69) is 27.8 Å². The van der Waals surface area contributed by atoms with Gasteiger partial charge in [0.25, 0.3) is 0 Å². The van der Waals surface area contributed by atoms with Crippen molar-refractivity contribution in [3.63, 3.8) is 0 Å². The monoisotopic (exact) mass is 462 g/mol. The number of nitrogens with one attached hydrogen (secondary N) is 2. The summed E-state index contributed by atoms with van der Waals surface area (Å²) in [7, 11) is 0. The van der Waals surface area contributed by atoms with Crippen LogP contribution in [0.2, 0.25) is 0 Å². The van der Waals surface area contributed by atoms with E-state index in [1.165, 1.54) is 16.9 Å². The average molecular weight is 463 g/mol. The molecule has 0 spiro atoms. The maximum absolute atomic E-state index is 12.9. The van der Waals surface area contributed by atoms with E-state index in [4.69, 9.17) is 5.73 Å². The van der Waals surface area contributed by atoms with Crippen molar-refractivity contribution in [2.24, 2.45) is 0 Å². The van der Waals surface area contributed by atoms with Crippen molar-refractivity contribution in [2.45, 2.75) is 62.6 Å². The number of carbonyl (C=O) groups is 1. The Labute approximate surface area is 198 Å². The standard InChI is InChI=1S/C26H30N4O2S/c27-26-30-23-20(7-4-8-22(23)33-26)25(32)29-18-11-9-16(10-12-18)15-19-13-14-21(28-19)24(31)17-5-2-1-3-6-17/h1-3,5-6,9-12,19-21,24,28,31H,4,7-8,13-15H2,(H2,27,30)(H,29,32)/t19-,20+,21+,24+/m0/s1. The minimum absolute atomic E-state index is 0.01000. The van der Waals surface area contributed by atoms with Crippen molar-refractivity contribution in [2.75, 3.05) is 11.1 Å². The number of aliphatic hydroxyl groups excluding tert-OH is 1. The molecule has 2 aromatic carbocycles. The number of rotatable bonds is 6. The van der Waals surface area contributed by atoms with Crippen molar-refractivity contribution < 1.29 is 9.90 Å². The molecule has 33 heavy (non-hydrogen) atoms. The number of hydrogen-bond donors (Lipinski definition) is 4. The van der Waals surface area contributed by atoms with Crippen LogP contribution in [-0.4, -0.2) is 28.1 Å². The van der Waals surface area contributed by atoms with E-state index in [1.54, 1.807) is 0 Å². The Hall–Kier alpha value is -2.74. The van der Waals surface area contributed by atoms with Gasteiger partial charge in [-0.15, -0.1) is 11.3 Å². The number of aromatic nitrogens is 1. The molecule has 3 aromatic rings. The van der Waals surface area contributed by atoms with Crippen LogP contribution in [0.1, 0.15) is 59.4 Å². The molecule has 0 bridgehead atoms. The first kappa shape index (κ1) is 22.1. The number of nitrogens with two attached hydrogens (primary N) is 1. The number of hydrogen-bond acceptors (Lipinski definition) is 6. The molecule has 1 aromatic heterocycles. The number of aliphatic hydroxyl groups is 1. The molecule has 4 atom stereocenters. The summed E-state index contributed by atoms with van der Waals surface area (Å²) in [6, 6.07) is 18.4. The highest BCUT2D eigenvalue weighted by molar-refractivity contribution is 7.15. The molecule has 1 saturated heterocycles. The highest BCUT2D eigenvalue weighted by Crippen LogP contribution is 2.36. The van der Waals surface area contributed by atoms with Crippen molar-refractivity contribution in [1.82, 2.24) is 10.3 Å². The zero-order chi connectivity index (χ0) is 22.8. The summed E-state index contributed by atoms with van der Waals surface area (Å²) in [5.74, 6) is -0.234. The first-order chi connectivity index (χ1) is 16.1. The van der Waals surface area contributed by atoms with E-state index >= 15 is 0 Å². The Morgan fingerprint density at radius 3 is 2.73 bits per heavy atom. The van der Waals surface area contributed by atoms with Gasteiger partial charge in [-0.25, -0.2) is 4.98 Å². The summed E-state index contributed by atoms with van der Waals surface area (Å²) in [4.78, 5) is 18.5. The number of anilines is 2. The third kappa shape index (κ3) is 4.95. The fourth-order valence-electron chi connectivity index (χ4n) is 5.07. The molecule has 5 rings (SSSR count). The Bertz CT molecular complexity index is 1100. The molecule has 1 aliphatic heterocycles. The summed E-state index contributed by atoms with van der Waals surface area (Å²) in [6.45, 7) is 0. The second-order valence-corrected chi connectivity index (χ2v) is 10.2. The lowest BCUT2D eigenvalue weighted by Crippen LogP contribution is -2.35. The van der Waals surface area contributed by atoms with E-state index < -0.39 is 6.10 Å². The third-order valence-electron chi connectivity index (χ3n) is 6.79. The highest BCUT2D eigenvalue weighted by Gasteiger charge is 2.31. The van der Waals surface area contributed by atoms with Crippen LogP contribution in [0.3, 0.4) is 0 Å². The molecule has 2 heterocycles. The molecular formula is C26H30N4O2S. The summed E-state index contributed by atoms with van der Waals surface area (Å²) in [6.07, 6.45) is 5.16. The SMILES string of the molecule is Nc1nc2c(s1)CCC[C@H]2C(=O)Nc1ccc(C[C@@H]2CC[C@H]([C@H](O)c3ccccc3)N2)cc1. The quantitative estimate of drug-likeness (QED) is 0.440. The Morgan fingerprint density at radius 2 is 1.94 bits per heavy atom. The number of amides is 1. The Morgan fingerprint density at radius 1 is 1.15 bits per heavy atom. The van der Waals surface area contributed by atoms with Crippen LogP contribution < -0.4 is 16.4 Å². The van der Waals surface area contributed by atoms with Crippen molar-refractivity contribution in [1.29, 1.82) is 0 Å². The molecule has 0 radical (unpaired) electrons. The molecule has 5 N–H and O–H groups in total. The molecule has 0 unspecified atom stereocenters. The molecule has 6 nitrogen and oxygen atoms in total. The summed E-state index contributed by atoms with van der Waals surface area (Å²) < 4.78 is 0. The van der Waals surface area contributed by atoms with Crippen LogP contribution in [-0.2, 0) is 17.6 Å². The molecule has 2 aliphatic rings. The van der Waals surface area contributed by atoms with Gasteiger partial charge in [0.15, 0.2) is 5.13 Å². The first-order valence-electron chi connectivity index (χ1n) is 11.7. The van der Waals surface area contributed by atoms with Crippen LogP contribution >= 0.6 is 11.3 Å². The maximum atomic E-state index is 12.9. The molecule has 1 aliphatic carbocycles. The van der Waals surface area contributed by atoms with Gasteiger partial charge in [-0.3, -0.25) is 4.79 Å². The molecule has 172 valence electrons. The smallest absolute Gasteiger partial charge is 0.233 e. The van der Waals surface area contributed by atoms with Gasteiger partial charge < -0.3 is 21.5 Å². The molecule has 7 heteroatoms. The number of fused-ring (bicyclic) bond motifs is 1. The first-order valence-corrected chi connectivity index (χ1v) is 12.5. The van der Waals surface area contributed by atoms with Gasteiger partial charge in [-0.1, -0.05) is 42.5 Å². The van der Waals surface area contributed by atoms with E-state index in [9.17, 15) is 9.90 Å².